The first-order valence-corrected chi connectivity index (χ1v) is 15.7. The Morgan fingerprint density at radius 1 is 1.05 bits per heavy atom. The second kappa shape index (κ2) is 10.6. The zero-order chi connectivity index (χ0) is 13.7. The molecule has 0 nitrogen and oxygen atoms in total. The van der Waals surface area contributed by atoms with Crippen LogP contribution in [-0.2, 0) is 22.4 Å². The SMILES string of the molecule is CCCCC1=Cc2ccccc2[CH]1[Zr+2][SiH](CC)CC.[F-].[F-]. The van der Waals surface area contributed by atoms with Crippen LogP contribution in [0.4, 0.5) is 0 Å². The summed E-state index contributed by atoms with van der Waals surface area (Å²) >= 11 is -0.225. The number of benzene rings is 1. The number of fused-ring (bicyclic) bond motifs is 1. The van der Waals surface area contributed by atoms with Crippen molar-refractivity contribution < 1.29 is 31.8 Å². The van der Waals surface area contributed by atoms with E-state index in [0.717, 1.165) is 3.63 Å². The molecule has 116 valence electrons. The van der Waals surface area contributed by atoms with Crippen molar-refractivity contribution in [2.45, 2.75) is 55.7 Å². The van der Waals surface area contributed by atoms with E-state index in [1.807, 2.05) is 0 Å². The molecular weight excluding hydrogens is 361 g/mol. The molecule has 0 aliphatic heterocycles. The number of hydrogen-bond acceptors (Lipinski definition) is 0. The summed E-state index contributed by atoms with van der Waals surface area (Å²) in [5, 5.41) is 0. The van der Waals surface area contributed by atoms with Gasteiger partial charge < -0.3 is 9.41 Å². The van der Waals surface area contributed by atoms with Crippen molar-refractivity contribution in [1.82, 2.24) is 0 Å². The summed E-state index contributed by atoms with van der Waals surface area (Å²) in [5.74, 6) is -0.347. The van der Waals surface area contributed by atoms with Crippen molar-refractivity contribution in [3.8, 4) is 0 Å². The van der Waals surface area contributed by atoms with Gasteiger partial charge in [-0.1, -0.05) is 0 Å². The Morgan fingerprint density at radius 3 is 2.33 bits per heavy atom. The molecule has 0 saturated carbocycles. The van der Waals surface area contributed by atoms with E-state index in [0.29, 0.717) is 0 Å². The van der Waals surface area contributed by atoms with Gasteiger partial charge in [0.15, 0.2) is 0 Å². The van der Waals surface area contributed by atoms with Gasteiger partial charge in [0.2, 0.25) is 0 Å². The molecule has 1 atom stereocenters. The fourth-order valence-corrected chi connectivity index (χ4v) is 15.9. The van der Waals surface area contributed by atoms with Crippen LogP contribution < -0.4 is 9.41 Å². The van der Waals surface area contributed by atoms with Crippen LogP contribution in [-0.4, -0.2) is 5.92 Å². The smallest absolute Gasteiger partial charge is 1.00 e. The van der Waals surface area contributed by atoms with E-state index in [1.54, 1.807) is 16.7 Å². The van der Waals surface area contributed by atoms with Gasteiger partial charge in [0.25, 0.3) is 0 Å². The van der Waals surface area contributed by atoms with E-state index in [9.17, 15) is 0 Å². The Labute approximate surface area is 140 Å². The Morgan fingerprint density at radius 2 is 1.71 bits per heavy atom. The van der Waals surface area contributed by atoms with Crippen molar-refractivity contribution in [3.63, 3.8) is 0 Å². The van der Waals surface area contributed by atoms with Gasteiger partial charge in [0.05, 0.1) is 0 Å². The summed E-state index contributed by atoms with van der Waals surface area (Å²) in [4.78, 5) is 0. The van der Waals surface area contributed by atoms with E-state index in [4.69, 9.17) is 0 Å². The molecule has 0 heterocycles. The fourth-order valence-electron chi connectivity index (χ4n) is 2.94. The summed E-state index contributed by atoms with van der Waals surface area (Å²) in [7, 11) is 0. The standard InChI is InChI=1S/C13H15.C4H11Si.2FH.Zr/c1-2-3-6-11-9-12-7-4-5-8-13(12)10-11;1-3-5-4-2;;;/h4-5,7-10H,2-3,6H2,1H3;5H,3-4H2,1-2H3;2*1H;/q;;;;+2/p-2. The Kier molecular flexibility index (Phi) is 10.6. The van der Waals surface area contributed by atoms with E-state index in [1.165, 1.54) is 31.4 Å². The normalized spacial score (nSPS) is 15.6. The molecule has 0 saturated heterocycles. The molecule has 21 heavy (non-hydrogen) atoms. The van der Waals surface area contributed by atoms with Crippen molar-refractivity contribution >= 4 is 12.0 Å². The molecule has 0 spiro atoms. The molecule has 1 aromatic carbocycles. The third-order valence-electron chi connectivity index (χ3n) is 4.23. The molecule has 1 aliphatic rings. The quantitative estimate of drug-likeness (QED) is 0.536. The Balaban J connectivity index is 0.00000200. The van der Waals surface area contributed by atoms with Crippen LogP contribution in [0.5, 0.6) is 0 Å². The van der Waals surface area contributed by atoms with Crippen LogP contribution in [0.15, 0.2) is 29.8 Å². The average Bonchev–Trinajstić information content (AvgIpc) is 2.80. The number of halogens is 2. The maximum absolute atomic E-state index is 2.53. The van der Waals surface area contributed by atoms with E-state index in [2.05, 4.69) is 51.1 Å². The van der Waals surface area contributed by atoms with E-state index in [-0.39, 0.29) is 37.7 Å². The average molecular weight is 388 g/mol. The molecule has 0 bridgehead atoms. The zero-order valence-electron chi connectivity index (χ0n) is 13.3. The Hall–Kier alpha value is -0.0800. The summed E-state index contributed by atoms with van der Waals surface area (Å²) in [5.41, 5.74) is 5.04. The van der Waals surface area contributed by atoms with Gasteiger partial charge in [0, 0.05) is 0 Å². The molecule has 0 fully saturated rings. The minimum Gasteiger partial charge on any atom is -1.00 e. The van der Waals surface area contributed by atoms with Crippen LogP contribution in [0.1, 0.15) is 54.8 Å². The minimum absolute atomic E-state index is 0. The largest absolute Gasteiger partial charge is 1.00 e. The second-order valence-corrected chi connectivity index (χ2v) is 18.8. The topological polar surface area (TPSA) is 0 Å². The van der Waals surface area contributed by atoms with Gasteiger partial charge in [-0.2, -0.15) is 0 Å². The van der Waals surface area contributed by atoms with Crippen molar-refractivity contribution in [3.05, 3.63) is 41.0 Å². The zero-order valence-corrected chi connectivity index (χ0v) is 16.9. The molecule has 0 radical (unpaired) electrons. The molecule has 0 N–H and O–H groups in total. The van der Waals surface area contributed by atoms with Gasteiger partial charge in [0.1, 0.15) is 0 Å². The molecule has 2 rings (SSSR count). The van der Waals surface area contributed by atoms with Gasteiger partial charge >= 0.3 is 131 Å². The van der Waals surface area contributed by atoms with Gasteiger partial charge in [-0.3, -0.25) is 0 Å². The minimum atomic E-state index is -0.347. The molecule has 1 aromatic rings. The predicted octanol–water partition coefficient (Wildman–Crippen LogP) is -0.831. The first-order valence-electron chi connectivity index (χ1n) is 7.85. The van der Waals surface area contributed by atoms with Crippen molar-refractivity contribution in [2.75, 3.05) is 0 Å². The molecule has 1 unspecified atom stereocenters. The van der Waals surface area contributed by atoms with Crippen LogP contribution >= 0.6 is 0 Å². The first kappa shape index (κ1) is 20.9. The van der Waals surface area contributed by atoms with Crippen LogP contribution in [0.3, 0.4) is 0 Å². The third kappa shape index (κ3) is 5.25. The Bertz CT molecular complexity index is 444. The van der Waals surface area contributed by atoms with Gasteiger partial charge in [-0.25, -0.2) is 0 Å². The molecule has 0 aromatic heterocycles. The van der Waals surface area contributed by atoms with Crippen molar-refractivity contribution in [2.24, 2.45) is 0 Å². The maximum atomic E-state index is 2.53. The second-order valence-electron chi connectivity index (χ2n) is 5.56. The molecular formula is C17H26F2SiZr. The summed E-state index contributed by atoms with van der Waals surface area (Å²) in [6.45, 7) is 7.20. The number of hydrogen-bond donors (Lipinski definition) is 0. The summed E-state index contributed by atoms with van der Waals surface area (Å²) < 4.78 is 0.933. The fraction of sp³-hybridized carbons (Fsp3) is 0.529. The number of rotatable bonds is 7. The molecule has 0 amide bonds. The van der Waals surface area contributed by atoms with Gasteiger partial charge in [-0.05, 0) is 0 Å². The van der Waals surface area contributed by atoms with Gasteiger partial charge in [-0.15, -0.1) is 0 Å². The number of allylic oxidation sites excluding steroid dienone is 1. The van der Waals surface area contributed by atoms with Crippen LogP contribution in [0, 0.1) is 0 Å². The number of unbranched alkanes of at least 4 members (excludes halogenated alkanes) is 1. The van der Waals surface area contributed by atoms with Crippen LogP contribution in [0.2, 0.25) is 12.1 Å². The maximum Gasteiger partial charge on any atom is -1.00 e. The van der Waals surface area contributed by atoms with Crippen LogP contribution in [0.25, 0.3) is 6.08 Å². The predicted molar refractivity (Wildman–Crippen MR) is 84.8 cm³/mol. The third-order valence-corrected chi connectivity index (χ3v) is 20.6. The first-order chi connectivity index (χ1) is 9.30. The summed E-state index contributed by atoms with van der Waals surface area (Å²) in [6.07, 6.45) is 6.59. The molecule has 1 aliphatic carbocycles. The monoisotopic (exact) mass is 386 g/mol. The van der Waals surface area contributed by atoms with E-state index >= 15 is 0 Å². The van der Waals surface area contributed by atoms with E-state index < -0.39 is 0 Å². The molecule has 4 heteroatoms. The summed E-state index contributed by atoms with van der Waals surface area (Å²) in [6, 6.07) is 12.2. The van der Waals surface area contributed by atoms with Crippen molar-refractivity contribution in [1.29, 1.82) is 0 Å².